The van der Waals surface area contributed by atoms with Crippen LogP contribution in [0.15, 0.2) is 30.3 Å². The van der Waals surface area contributed by atoms with Gasteiger partial charge in [-0.1, -0.05) is 0 Å². The number of rotatable bonds is 25. The molecule has 0 unspecified atom stereocenters. The number of hydrogen-bond acceptors (Lipinski definition) is 3. The molecule has 4 heteroatoms. The second kappa shape index (κ2) is 22.2. The Morgan fingerprint density at radius 2 is 0.919 bits per heavy atom. The normalized spacial score (nSPS) is 12.7. The first-order valence-corrected chi connectivity index (χ1v) is 17.8. The summed E-state index contributed by atoms with van der Waals surface area (Å²) in [6.45, 7) is 15.4. The predicted molar refractivity (Wildman–Crippen MR) is 166 cm³/mol. The predicted octanol–water partition coefficient (Wildman–Crippen LogP) is 11.4. The first-order valence-electron chi connectivity index (χ1n) is 15.8. The van der Waals surface area contributed by atoms with Gasteiger partial charge in [0.25, 0.3) is 0 Å². The van der Waals surface area contributed by atoms with Crippen molar-refractivity contribution in [3.8, 4) is 5.75 Å². The summed E-state index contributed by atoms with van der Waals surface area (Å²) < 4.78 is 20.0. The van der Waals surface area contributed by atoms with Crippen molar-refractivity contribution >= 4 is 7.94 Å². The summed E-state index contributed by atoms with van der Waals surface area (Å²) in [5, 5.41) is 0. The summed E-state index contributed by atoms with van der Waals surface area (Å²) in [5.41, 5.74) is 0. The first kappa shape index (κ1) is 34.4. The molecule has 37 heavy (non-hydrogen) atoms. The summed E-state index contributed by atoms with van der Waals surface area (Å²) in [5.74, 6) is 3.29. The van der Waals surface area contributed by atoms with Crippen LogP contribution in [0.3, 0.4) is 0 Å². The van der Waals surface area contributed by atoms with Gasteiger partial charge in [0.2, 0.25) is 0 Å². The van der Waals surface area contributed by atoms with E-state index >= 15 is 0 Å². The van der Waals surface area contributed by atoms with Crippen LogP contribution in [0.1, 0.15) is 138 Å². The molecule has 0 saturated heterocycles. The molecule has 1 aromatic rings. The van der Waals surface area contributed by atoms with Crippen molar-refractivity contribution in [2.75, 3.05) is 19.4 Å². The molecule has 0 spiro atoms. The summed E-state index contributed by atoms with van der Waals surface area (Å²) in [4.78, 5) is 0. The maximum absolute atomic E-state index is 6.66. The Kier molecular flexibility index (Phi) is 20.7. The second-order valence-corrected chi connectivity index (χ2v) is 15.0. The van der Waals surface area contributed by atoms with Crippen LogP contribution >= 0.6 is 7.94 Å². The van der Waals surface area contributed by atoms with E-state index in [4.69, 9.17) is 13.6 Å². The fourth-order valence-electron chi connectivity index (χ4n) is 4.68. The molecule has 0 amide bonds. The van der Waals surface area contributed by atoms with Gasteiger partial charge in [-0.2, -0.15) is 0 Å². The van der Waals surface area contributed by atoms with Gasteiger partial charge in [-0.15, -0.1) is 0 Å². The molecule has 0 atom stereocenters. The quantitative estimate of drug-likeness (QED) is 0.0915. The Labute approximate surface area is 232 Å². The van der Waals surface area contributed by atoms with Crippen LogP contribution < -0.4 is 4.52 Å². The van der Waals surface area contributed by atoms with E-state index in [2.05, 4.69) is 53.7 Å². The third-order valence-electron chi connectivity index (χ3n) is 7.03. The van der Waals surface area contributed by atoms with Gasteiger partial charge in [0.05, 0.1) is 0 Å². The molecule has 0 aliphatic heterocycles. The Bertz CT molecular complexity index is 595. The summed E-state index contributed by atoms with van der Waals surface area (Å²) in [6.07, 6.45) is 19.8. The van der Waals surface area contributed by atoms with Crippen LogP contribution in [0.25, 0.3) is 0 Å². The SMILES string of the molecule is CC(C)CCCCCCO[PH](CCCCCCC(C)C)(OCCCCCCC(C)C)Oc1ccccc1. The van der Waals surface area contributed by atoms with E-state index < -0.39 is 7.94 Å². The molecule has 1 rings (SSSR count). The van der Waals surface area contributed by atoms with Crippen LogP contribution in [-0.2, 0) is 9.05 Å². The zero-order valence-corrected chi connectivity index (χ0v) is 26.6. The van der Waals surface area contributed by atoms with Gasteiger partial charge in [0, 0.05) is 0 Å². The summed E-state index contributed by atoms with van der Waals surface area (Å²) in [7, 11) is -2.79. The van der Waals surface area contributed by atoms with Crippen molar-refractivity contribution in [3.63, 3.8) is 0 Å². The van der Waals surface area contributed by atoms with Crippen molar-refractivity contribution in [1.29, 1.82) is 0 Å². The molecule has 0 saturated carbocycles. The molecule has 0 radical (unpaired) electrons. The van der Waals surface area contributed by atoms with Crippen molar-refractivity contribution in [3.05, 3.63) is 30.3 Å². The van der Waals surface area contributed by atoms with Gasteiger partial charge in [-0.3, -0.25) is 0 Å². The fourth-order valence-corrected chi connectivity index (χ4v) is 7.36. The zero-order chi connectivity index (χ0) is 27.2. The van der Waals surface area contributed by atoms with Crippen molar-refractivity contribution < 1.29 is 13.6 Å². The van der Waals surface area contributed by atoms with E-state index in [1.54, 1.807) is 0 Å². The van der Waals surface area contributed by atoms with Gasteiger partial charge in [-0.05, 0) is 0 Å². The molecule has 0 fully saturated rings. The minimum atomic E-state index is -2.79. The molecule has 1 aromatic carbocycles. The third kappa shape index (κ3) is 20.0. The third-order valence-corrected chi connectivity index (χ3v) is 9.83. The Hall–Kier alpha value is -0.630. The van der Waals surface area contributed by atoms with Crippen molar-refractivity contribution in [2.24, 2.45) is 17.8 Å². The van der Waals surface area contributed by atoms with Gasteiger partial charge in [-0.25, -0.2) is 0 Å². The van der Waals surface area contributed by atoms with E-state index in [1.165, 1.54) is 77.0 Å². The van der Waals surface area contributed by atoms with Crippen LogP contribution in [0.5, 0.6) is 5.75 Å². The van der Waals surface area contributed by atoms with Gasteiger partial charge in [0.15, 0.2) is 0 Å². The van der Waals surface area contributed by atoms with Crippen molar-refractivity contribution in [2.45, 2.75) is 138 Å². The fraction of sp³-hybridized carbons (Fsp3) is 0.818. The molecule has 218 valence electrons. The monoisotopic (exact) mass is 538 g/mol. The number of hydrogen-bond donors (Lipinski definition) is 0. The van der Waals surface area contributed by atoms with Crippen molar-refractivity contribution in [1.82, 2.24) is 0 Å². The van der Waals surface area contributed by atoms with Gasteiger partial charge < -0.3 is 0 Å². The Balaban J connectivity index is 2.68. The summed E-state index contributed by atoms with van der Waals surface area (Å²) >= 11 is 0. The van der Waals surface area contributed by atoms with E-state index in [-0.39, 0.29) is 0 Å². The summed E-state index contributed by atoms with van der Waals surface area (Å²) in [6, 6.07) is 10.2. The Morgan fingerprint density at radius 3 is 1.35 bits per heavy atom. The second-order valence-electron chi connectivity index (χ2n) is 12.3. The molecule has 0 heterocycles. The Morgan fingerprint density at radius 1 is 0.514 bits per heavy atom. The number of unbranched alkanes of at least 4 members (excludes halogenated alkanes) is 9. The van der Waals surface area contributed by atoms with E-state index in [1.807, 2.05) is 18.2 Å². The van der Waals surface area contributed by atoms with Gasteiger partial charge >= 0.3 is 233 Å². The molecule has 0 bridgehead atoms. The number of para-hydroxylation sites is 1. The molecule has 0 N–H and O–H groups in total. The average molecular weight is 539 g/mol. The van der Waals surface area contributed by atoms with Gasteiger partial charge in [0.1, 0.15) is 0 Å². The topological polar surface area (TPSA) is 27.7 Å². The van der Waals surface area contributed by atoms with E-state index in [0.29, 0.717) is 0 Å². The van der Waals surface area contributed by atoms with Crippen LogP contribution in [-0.4, -0.2) is 19.4 Å². The zero-order valence-electron chi connectivity index (χ0n) is 25.6. The molecule has 0 aliphatic carbocycles. The molecule has 0 aromatic heterocycles. The average Bonchev–Trinajstić information content (AvgIpc) is 2.85. The van der Waals surface area contributed by atoms with Crippen LogP contribution in [0.4, 0.5) is 0 Å². The van der Waals surface area contributed by atoms with Crippen LogP contribution in [0, 0.1) is 17.8 Å². The van der Waals surface area contributed by atoms with E-state index in [0.717, 1.165) is 62.1 Å². The molecular formula is C33H63O3P. The molecular weight excluding hydrogens is 475 g/mol. The number of benzene rings is 1. The maximum atomic E-state index is 6.66. The van der Waals surface area contributed by atoms with E-state index in [9.17, 15) is 0 Å². The standard InChI is InChI=1S/C33H63O3P/c1-30(2)22-14-7-10-19-27-34-37(36-33-25-17-13-18-26-33,29-21-12-9-16-24-32(5)6)35-28-20-11-8-15-23-31(3)4/h13,17-18,25-26,30-32,37H,7-12,14-16,19-24,27-29H2,1-6H3. The first-order chi connectivity index (χ1) is 17.8. The molecule has 3 nitrogen and oxygen atoms in total. The van der Waals surface area contributed by atoms with Crippen LogP contribution in [0.2, 0.25) is 0 Å². The molecule has 0 aliphatic rings. The minimum absolute atomic E-state index is 0.752.